The van der Waals surface area contributed by atoms with E-state index in [0.717, 1.165) is 32.0 Å². The van der Waals surface area contributed by atoms with Gasteiger partial charge in [0.15, 0.2) is 0 Å². The summed E-state index contributed by atoms with van der Waals surface area (Å²) in [5, 5.41) is 20.6. The minimum atomic E-state index is -1.11. The maximum Gasteiger partial charge on any atom is 0.491 e. The van der Waals surface area contributed by atoms with Crippen LogP contribution in [0.2, 0.25) is 0 Å². The Kier molecular flexibility index (Phi) is 5.35. The summed E-state index contributed by atoms with van der Waals surface area (Å²) < 4.78 is 5.70. The summed E-state index contributed by atoms with van der Waals surface area (Å²) >= 11 is 0. The SMILES string of the molecule is CN1CCN(c2cc(B(O)OC(C)(C)C(C)(C)O)ccn2)CC1. The van der Waals surface area contributed by atoms with Crippen molar-refractivity contribution in [1.82, 2.24) is 9.88 Å². The Balaban J connectivity index is 2.10. The third-order valence-electron chi connectivity index (χ3n) is 4.76. The molecule has 1 aliphatic rings. The molecule has 7 heteroatoms. The van der Waals surface area contributed by atoms with E-state index in [1.807, 2.05) is 6.07 Å². The van der Waals surface area contributed by atoms with E-state index in [2.05, 4.69) is 21.8 Å². The van der Waals surface area contributed by atoms with Crippen LogP contribution in [0.4, 0.5) is 5.82 Å². The number of hydrogen-bond donors (Lipinski definition) is 2. The van der Waals surface area contributed by atoms with Crippen LogP contribution >= 0.6 is 0 Å². The van der Waals surface area contributed by atoms with Crippen LogP contribution in [-0.4, -0.2) is 71.6 Å². The highest BCUT2D eigenvalue weighted by molar-refractivity contribution is 6.60. The Morgan fingerprint density at radius 2 is 1.78 bits per heavy atom. The average molecular weight is 321 g/mol. The molecule has 1 aromatic rings. The summed E-state index contributed by atoms with van der Waals surface area (Å²) in [7, 11) is 1.00. The van der Waals surface area contributed by atoms with E-state index in [0.29, 0.717) is 5.46 Å². The van der Waals surface area contributed by atoms with Crippen LogP contribution in [0.15, 0.2) is 18.3 Å². The van der Waals surface area contributed by atoms with Crippen LogP contribution in [0.5, 0.6) is 0 Å². The van der Waals surface area contributed by atoms with Crippen molar-refractivity contribution in [3.63, 3.8) is 0 Å². The van der Waals surface area contributed by atoms with Gasteiger partial charge in [0.2, 0.25) is 0 Å². The second kappa shape index (κ2) is 6.77. The van der Waals surface area contributed by atoms with Crippen molar-refractivity contribution in [2.24, 2.45) is 0 Å². The van der Waals surface area contributed by atoms with Crippen molar-refractivity contribution in [3.05, 3.63) is 18.3 Å². The number of piperazine rings is 1. The Labute approximate surface area is 139 Å². The molecule has 0 unspecified atom stereocenters. The molecule has 2 N–H and O–H groups in total. The molecular formula is C16H28BN3O3. The van der Waals surface area contributed by atoms with Gasteiger partial charge in [-0.1, -0.05) is 0 Å². The molecule has 2 heterocycles. The van der Waals surface area contributed by atoms with Gasteiger partial charge in [0.25, 0.3) is 0 Å². The van der Waals surface area contributed by atoms with E-state index in [1.165, 1.54) is 0 Å². The van der Waals surface area contributed by atoms with E-state index < -0.39 is 18.3 Å². The Bertz CT molecular complexity index is 526. The van der Waals surface area contributed by atoms with Gasteiger partial charge in [-0.05, 0) is 52.3 Å². The lowest BCUT2D eigenvalue weighted by atomic mass is 9.77. The number of aromatic nitrogens is 1. The first-order valence-corrected chi connectivity index (χ1v) is 8.08. The molecule has 2 rings (SSSR count). The zero-order valence-electron chi connectivity index (χ0n) is 14.8. The number of pyridine rings is 1. The van der Waals surface area contributed by atoms with E-state index in [1.54, 1.807) is 40.0 Å². The molecular weight excluding hydrogens is 293 g/mol. The Morgan fingerprint density at radius 3 is 2.35 bits per heavy atom. The standard InChI is InChI=1S/C16H28BN3O3/c1-15(2,21)16(3,4)23-17(22)13-6-7-18-14(12-13)20-10-8-19(5)9-11-20/h6-7,12,21-22H,8-11H2,1-5H3. The van der Waals surface area contributed by atoms with Gasteiger partial charge in [0, 0.05) is 32.4 Å². The second-order valence-corrected chi connectivity index (χ2v) is 7.28. The first-order chi connectivity index (χ1) is 10.6. The minimum Gasteiger partial charge on any atom is -0.423 e. The number of rotatable bonds is 5. The summed E-state index contributed by atoms with van der Waals surface area (Å²) in [6, 6.07) is 3.60. The smallest absolute Gasteiger partial charge is 0.423 e. The summed E-state index contributed by atoms with van der Waals surface area (Å²) in [5.74, 6) is 0.847. The highest BCUT2D eigenvalue weighted by Crippen LogP contribution is 2.25. The molecule has 6 nitrogen and oxygen atoms in total. The maximum absolute atomic E-state index is 10.4. The van der Waals surface area contributed by atoms with Crippen LogP contribution < -0.4 is 10.4 Å². The van der Waals surface area contributed by atoms with Gasteiger partial charge in [0.05, 0.1) is 11.2 Å². The fourth-order valence-electron chi connectivity index (χ4n) is 2.29. The molecule has 128 valence electrons. The highest BCUT2D eigenvalue weighted by Gasteiger charge is 2.39. The van der Waals surface area contributed by atoms with Crippen LogP contribution in [0.25, 0.3) is 0 Å². The predicted molar refractivity (Wildman–Crippen MR) is 93.0 cm³/mol. The predicted octanol–water partition coefficient (Wildman–Crippen LogP) is 0.0870. The molecule has 1 saturated heterocycles. The average Bonchev–Trinajstić information content (AvgIpc) is 2.46. The third-order valence-corrected chi connectivity index (χ3v) is 4.76. The van der Waals surface area contributed by atoms with Crippen LogP contribution in [0.1, 0.15) is 27.7 Å². The molecule has 23 heavy (non-hydrogen) atoms. The van der Waals surface area contributed by atoms with Gasteiger partial charge in [-0.2, -0.15) is 0 Å². The summed E-state index contributed by atoms with van der Waals surface area (Å²) in [4.78, 5) is 8.89. The van der Waals surface area contributed by atoms with Crippen molar-refractivity contribution >= 4 is 18.4 Å². The summed E-state index contributed by atoms with van der Waals surface area (Å²) in [6.07, 6.45) is 1.69. The Morgan fingerprint density at radius 1 is 1.17 bits per heavy atom. The van der Waals surface area contributed by atoms with Crippen LogP contribution in [0, 0.1) is 0 Å². The largest absolute Gasteiger partial charge is 0.491 e. The molecule has 0 aromatic carbocycles. The number of nitrogens with zero attached hydrogens (tertiary/aromatic N) is 3. The monoisotopic (exact) mass is 321 g/mol. The second-order valence-electron chi connectivity index (χ2n) is 7.28. The lowest BCUT2D eigenvalue weighted by Crippen LogP contribution is -2.53. The molecule has 1 aliphatic heterocycles. The molecule has 0 saturated carbocycles. The number of likely N-dealkylation sites (N-methyl/N-ethyl adjacent to an activating group) is 1. The molecule has 0 aliphatic carbocycles. The lowest BCUT2D eigenvalue weighted by Gasteiger charge is -2.38. The van der Waals surface area contributed by atoms with E-state index in [4.69, 9.17) is 4.65 Å². The van der Waals surface area contributed by atoms with Crippen molar-refractivity contribution in [2.75, 3.05) is 38.1 Å². The molecule has 0 spiro atoms. The topological polar surface area (TPSA) is 69.1 Å². The number of hydrogen-bond acceptors (Lipinski definition) is 6. The zero-order valence-corrected chi connectivity index (χ0v) is 14.8. The number of anilines is 1. The molecule has 0 bridgehead atoms. The van der Waals surface area contributed by atoms with Crippen molar-refractivity contribution in [2.45, 2.75) is 38.9 Å². The van der Waals surface area contributed by atoms with Gasteiger partial charge in [-0.25, -0.2) is 4.98 Å². The van der Waals surface area contributed by atoms with Gasteiger partial charge in [-0.3, -0.25) is 0 Å². The zero-order chi connectivity index (χ0) is 17.3. The summed E-state index contributed by atoms with van der Waals surface area (Å²) in [5.41, 5.74) is -1.31. The van der Waals surface area contributed by atoms with E-state index in [-0.39, 0.29) is 0 Å². The number of aliphatic hydroxyl groups is 1. The molecule has 0 atom stereocenters. The first kappa shape index (κ1) is 18.2. The van der Waals surface area contributed by atoms with Crippen molar-refractivity contribution < 1.29 is 14.8 Å². The van der Waals surface area contributed by atoms with E-state index >= 15 is 0 Å². The quantitative estimate of drug-likeness (QED) is 0.749. The van der Waals surface area contributed by atoms with Gasteiger partial charge >= 0.3 is 7.12 Å². The van der Waals surface area contributed by atoms with Crippen molar-refractivity contribution in [1.29, 1.82) is 0 Å². The third kappa shape index (κ3) is 4.44. The highest BCUT2D eigenvalue weighted by atomic mass is 16.5. The normalized spacial score (nSPS) is 17.4. The molecule has 1 fully saturated rings. The Hall–Kier alpha value is -1.15. The van der Waals surface area contributed by atoms with Crippen LogP contribution in [0.3, 0.4) is 0 Å². The minimum absolute atomic E-state index is 0.645. The van der Waals surface area contributed by atoms with Gasteiger partial charge in [-0.15, -0.1) is 0 Å². The fraction of sp³-hybridized carbons (Fsp3) is 0.688. The summed E-state index contributed by atoms with van der Waals surface area (Å²) in [6.45, 7) is 10.7. The first-order valence-electron chi connectivity index (χ1n) is 8.08. The van der Waals surface area contributed by atoms with E-state index in [9.17, 15) is 10.1 Å². The molecule has 0 amide bonds. The maximum atomic E-state index is 10.4. The van der Waals surface area contributed by atoms with Gasteiger partial charge < -0.3 is 24.6 Å². The van der Waals surface area contributed by atoms with Crippen molar-refractivity contribution in [3.8, 4) is 0 Å². The van der Waals surface area contributed by atoms with Gasteiger partial charge in [0.1, 0.15) is 5.82 Å². The fourth-order valence-corrected chi connectivity index (χ4v) is 2.29. The molecule has 0 radical (unpaired) electrons. The lowest BCUT2D eigenvalue weighted by molar-refractivity contribution is -0.0982. The molecule has 1 aromatic heterocycles. The van der Waals surface area contributed by atoms with Crippen LogP contribution in [-0.2, 0) is 4.65 Å².